The van der Waals surface area contributed by atoms with E-state index in [9.17, 15) is 14.4 Å². The van der Waals surface area contributed by atoms with E-state index >= 15 is 0 Å². The number of primary amides is 1. The van der Waals surface area contributed by atoms with Crippen LogP contribution >= 0.6 is 0 Å². The van der Waals surface area contributed by atoms with E-state index < -0.39 is 17.9 Å². The quantitative estimate of drug-likeness (QED) is 0.333. The number of nitrogens with two attached hydrogens (primary N) is 2. The molecule has 6 N–H and O–H groups in total. The van der Waals surface area contributed by atoms with Gasteiger partial charge in [-0.1, -0.05) is 54.6 Å². The van der Waals surface area contributed by atoms with Crippen LogP contribution in [-0.4, -0.2) is 37.4 Å². The number of nitrogens with one attached hydrogen (secondary N) is 2. The number of carbonyl (C=O) groups is 3. The second kappa shape index (κ2) is 11.6. The highest BCUT2D eigenvalue weighted by Gasteiger charge is 2.16. The molecule has 3 aromatic carbocycles. The van der Waals surface area contributed by atoms with E-state index in [2.05, 4.69) is 10.6 Å². The number of unbranched alkanes of at least 4 members (excludes halogenated alkanes) is 1. The van der Waals surface area contributed by atoms with Crippen LogP contribution in [-0.2, 0) is 9.59 Å². The molecular formula is C25H28N4O4. The minimum absolute atomic E-state index is 0.231. The molecule has 8 nitrogen and oxygen atoms in total. The largest absolute Gasteiger partial charge is 0.493 e. The van der Waals surface area contributed by atoms with Crippen LogP contribution in [0, 0.1) is 0 Å². The molecule has 0 heterocycles. The smallest absolute Gasteiger partial charge is 0.255 e. The molecular weight excluding hydrogens is 420 g/mol. The Morgan fingerprint density at radius 2 is 1.55 bits per heavy atom. The third-order valence-corrected chi connectivity index (χ3v) is 5.08. The highest BCUT2D eigenvalue weighted by molar-refractivity contribution is 6.02. The maximum absolute atomic E-state index is 12.5. The van der Waals surface area contributed by atoms with Gasteiger partial charge in [0.1, 0.15) is 11.8 Å². The average molecular weight is 449 g/mol. The summed E-state index contributed by atoms with van der Waals surface area (Å²) >= 11 is 0. The summed E-state index contributed by atoms with van der Waals surface area (Å²) in [6.45, 7) is 0.567. The number of carbonyl (C=O) groups excluding carboxylic acids is 3. The van der Waals surface area contributed by atoms with Gasteiger partial charge in [0, 0.05) is 6.54 Å². The van der Waals surface area contributed by atoms with Crippen molar-refractivity contribution in [3.63, 3.8) is 0 Å². The zero-order valence-electron chi connectivity index (χ0n) is 18.3. The number of ether oxygens (including phenoxy) is 1. The Labute approximate surface area is 192 Å². The van der Waals surface area contributed by atoms with Crippen LogP contribution in [0.3, 0.4) is 0 Å². The summed E-state index contributed by atoms with van der Waals surface area (Å²) < 4.78 is 5.88. The van der Waals surface area contributed by atoms with Gasteiger partial charge in [0.2, 0.25) is 11.8 Å². The minimum Gasteiger partial charge on any atom is -0.493 e. The third-order valence-electron chi connectivity index (χ3n) is 5.08. The molecule has 0 saturated heterocycles. The van der Waals surface area contributed by atoms with Gasteiger partial charge in [0.05, 0.1) is 18.7 Å². The van der Waals surface area contributed by atoms with Gasteiger partial charge in [-0.25, -0.2) is 0 Å². The number of rotatable bonds is 11. The van der Waals surface area contributed by atoms with Crippen LogP contribution in [0.25, 0.3) is 10.8 Å². The SMILES string of the molecule is NC(=O)CNC(=O)c1cc2ccccc2cc1OCCCCNC(=O)C(N)c1ccccc1. The topological polar surface area (TPSA) is 137 Å². The van der Waals surface area contributed by atoms with Crippen molar-refractivity contribution in [2.24, 2.45) is 11.5 Å². The lowest BCUT2D eigenvalue weighted by Gasteiger charge is -2.14. The number of amides is 3. The lowest BCUT2D eigenvalue weighted by Crippen LogP contribution is -2.34. The number of benzene rings is 3. The first kappa shape index (κ1) is 23.7. The van der Waals surface area contributed by atoms with Gasteiger partial charge in [0.15, 0.2) is 0 Å². The molecule has 172 valence electrons. The molecule has 0 aliphatic rings. The van der Waals surface area contributed by atoms with Gasteiger partial charge < -0.3 is 26.8 Å². The first-order chi connectivity index (χ1) is 16.0. The van der Waals surface area contributed by atoms with Crippen LogP contribution in [0.15, 0.2) is 66.7 Å². The monoisotopic (exact) mass is 448 g/mol. The molecule has 0 radical (unpaired) electrons. The van der Waals surface area contributed by atoms with E-state index in [1.54, 1.807) is 12.1 Å². The summed E-state index contributed by atoms with van der Waals surface area (Å²) in [7, 11) is 0. The van der Waals surface area contributed by atoms with Crippen LogP contribution in [0.5, 0.6) is 5.75 Å². The Hall–Kier alpha value is -3.91. The van der Waals surface area contributed by atoms with E-state index in [0.717, 1.165) is 16.3 Å². The molecule has 3 rings (SSSR count). The molecule has 0 aliphatic carbocycles. The van der Waals surface area contributed by atoms with Crippen molar-refractivity contribution in [3.05, 3.63) is 77.9 Å². The molecule has 0 spiro atoms. The van der Waals surface area contributed by atoms with Crippen LogP contribution < -0.4 is 26.8 Å². The lowest BCUT2D eigenvalue weighted by molar-refractivity contribution is -0.122. The predicted octanol–water partition coefficient (Wildman–Crippen LogP) is 2.03. The predicted molar refractivity (Wildman–Crippen MR) is 127 cm³/mol. The van der Waals surface area contributed by atoms with Gasteiger partial charge in [-0.15, -0.1) is 0 Å². The van der Waals surface area contributed by atoms with Crippen molar-refractivity contribution < 1.29 is 19.1 Å². The summed E-state index contributed by atoms with van der Waals surface area (Å²) in [5, 5.41) is 7.14. The van der Waals surface area contributed by atoms with Gasteiger partial charge in [-0.05, 0) is 41.3 Å². The molecule has 33 heavy (non-hydrogen) atoms. The molecule has 3 aromatic rings. The second-order valence-corrected chi connectivity index (χ2v) is 7.58. The zero-order chi connectivity index (χ0) is 23.6. The Balaban J connectivity index is 1.52. The fourth-order valence-corrected chi connectivity index (χ4v) is 3.32. The summed E-state index contributed by atoms with van der Waals surface area (Å²) in [5.41, 5.74) is 12.2. The maximum Gasteiger partial charge on any atom is 0.255 e. The summed E-state index contributed by atoms with van der Waals surface area (Å²) in [5.74, 6) is -0.867. The van der Waals surface area contributed by atoms with E-state index in [4.69, 9.17) is 16.2 Å². The molecule has 1 atom stereocenters. The summed E-state index contributed by atoms with van der Waals surface area (Å²) in [6, 6.07) is 19.6. The van der Waals surface area contributed by atoms with E-state index in [-0.39, 0.29) is 12.5 Å². The minimum atomic E-state index is -0.707. The van der Waals surface area contributed by atoms with Crippen LogP contribution in [0.4, 0.5) is 0 Å². The van der Waals surface area contributed by atoms with E-state index in [1.807, 2.05) is 54.6 Å². The Kier molecular flexibility index (Phi) is 8.37. The summed E-state index contributed by atoms with van der Waals surface area (Å²) in [6.07, 6.45) is 1.35. The molecule has 0 saturated carbocycles. The third kappa shape index (κ3) is 6.78. The maximum atomic E-state index is 12.5. The molecule has 0 bridgehead atoms. The fourth-order valence-electron chi connectivity index (χ4n) is 3.32. The van der Waals surface area contributed by atoms with Crippen molar-refractivity contribution in [2.45, 2.75) is 18.9 Å². The highest BCUT2D eigenvalue weighted by atomic mass is 16.5. The van der Waals surface area contributed by atoms with Crippen LogP contribution in [0.1, 0.15) is 34.8 Å². The highest BCUT2D eigenvalue weighted by Crippen LogP contribution is 2.26. The van der Waals surface area contributed by atoms with Crippen molar-refractivity contribution in [1.82, 2.24) is 10.6 Å². The van der Waals surface area contributed by atoms with Crippen molar-refractivity contribution in [1.29, 1.82) is 0 Å². The number of fused-ring (bicyclic) bond motifs is 1. The fraction of sp³-hybridized carbons (Fsp3) is 0.240. The standard InChI is InChI=1S/C25H28N4O4/c26-22(30)16-29-24(31)20-14-18-10-4-5-11-19(18)15-21(20)33-13-7-6-12-28-25(32)23(27)17-8-2-1-3-9-17/h1-5,8-11,14-15,23H,6-7,12-13,16,27H2,(H2,26,30)(H,28,32)(H,29,31). The Bertz CT molecular complexity index is 1120. The first-order valence-corrected chi connectivity index (χ1v) is 10.8. The molecule has 3 amide bonds. The van der Waals surface area contributed by atoms with Crippen LogP contribution in [0.2, 0.25) is 0 Å². The molecule has 8 heteroatoms. The van der Waals surface area contributed by atoms with Gasteiger partial charge in [0.25, 0.3) is 5.91 Å². The zero-order valence-corrected chi connectivity index (χ0v) is 18.3. The second-order valence-electron chi connectivity index (χ2n) is 7.58. The molecule has 0 fully saturated rings. The van der Waals surface area contributed by atoms with Crippen molar-refractivity contribution >= 4 is 28.5 Å². The van der Waals surface area contributed by atoms with E-state index in [0.29, 0.717) is 37.3 Å². The van der Waals surface area contributed by atoms with Crippen molar-refractivity contribution in [2.75, 3.05) is 19.7 Å². The molecule has 0 aromatic heterocycles. The van der Waals surface area contributed by atoms with E-state index in [1.165, 1.54) is 0 Å². The average Bonchev–Trinajstić information content (AvgIpc) is 2.84. The van der Waals surface area contributed by atoms with Gasteiger partial charge in [-0.3, -0.25) is 14.4 Å². The Morgan fingerprint density at radius 3 is 2.24 bits per heavy atom. The number of hydrogen-bond donors (Lipinski definition) is 4. The number of hydrogen-bond acceptors (Lipinski definition) is 5. The summed E-state index contributed by atoms with van der Waals surface area (Å²) in [4.78, 5) is 35.8. The van der Waals surface area contributed by atoms with Crippen molar-refractivity contribution in [3.8, 4) is 5.75 Å². The lowest BCUT2D eigenvalue weighted by atomic mass is 10.1. The molecule has 0 aliphatic heterocycles. The van der Waals surface area contributed by atoms with Gasteiger partial charge in [-0.2, -0.15) is 0 Å². The Morgan fingerprint density at radius 1 is 0.879 bits per heavy atom. The normalized spacial score (nSPS) is 11.5. The molecule has 1 unspecified atom stereocenters. The van der Waals surface area contributed by atoms with Gasteiger partial charge >= 0.3 is 0 Å². The first-order valence-electron chi connectivity index (χ1n) is 10.8.